The molecule has 1 aromatic heterocycles. The summed E-state index contributed by atoms with van der Waals surface area (Å²) in [4.78, 5) is 43.9. The van der Waals surface area contributed by atoms with Gasteiger partial charge in [-0.3, -0.25) is 18.7 Å². The summed E-state index contributed by atoms with van der Waals surface area (Å²) in [7, 11) is 2.69. The monoisotopic (exact) mass is 466 g/mol. The normalized spacial score (nSPS) is 11.6. The van der Waals surface area contributed by atoms with Gasteiger partial charge in [0.2, 0.25) is 11.8 Å². The predicted molar refractivity (Wildman–Crippen MR) is 126 cm³/mol. The average molecular weight is 467 g/mol. The first-order chi connectivity index (χ1) is 14.7. The fraction of sp³-hybridized carbons (Fsp3) is 0.429. The van der Waals surface area contributed by atoms with Gasteiger partial charge in [0.15, 0.2) is 0 Å². The van der Waals surface area contributed by atoms with E-state index in [4.69, 9.17) is 11.6 Å². The van der Waals surface area contributed by atoms with Crippen LogP contribution < -0.4 is 11.2 Å². The Bertz CT molecular complexity index is 1070. The molecule has 1 aromatic carbocycles. The zero-order valence-electron chi connectivity index (χ0n) is 18.1. The largest absolute Gasteiger partial charge is 0.494 e. The van der Waals surface area contributed by atoms with E-state index in [1.165, 1.54) is 14.1 Å². The lowest BCUT2D eigenvalue weighted by Crippen LogP contribution is -2.40. The van der Waals surface area contributed by atoms with Crippen molar-refractivity contribution in [2.24, 2.45) is 19.1 Å². The molecule has 0 aliphatic rings. The molecule has 0 unspecified atom stereocenters. The predicted octanol–water partition coefficient (Wildman–Crippen LogP) is 2.90. The van der Waals surface area contributed by atoms with Crippen LogP contribution in [0.2, 0.25) is 5.02 Å². The second kappa shape index (κ2) is 11.2. The smallest absolute Gasteiger partial charge is 0.333 e. The first-order valence-corrected chi connectivity index (χ1v) is 11.3. The van der Waals surface area contributed by atoms with E-state index in [0.29, 0.717) is 23.8 Å². The van der Waals surface area contributed by atoms with Gasteiger partial charge in [-0.25, -0.2) is 9.79 Å². The number of aliphatic imine (C=N–C) groups is 1. The molecule has 1 N–H and O–H groups in total. The van der Waals surface area contributed by atoms with Gasteiger partial charge in [0, 0.05) is 32.2 Å². The van der Waals surface area contributed by atoms with Crippen LogP contribution in [0, 0.1) is 0 Å². The summed E-state index contributed by atoms with van der Waals surface area (Å²) < 4.78 is 1.87. The number of hydrogen-bond donors (Lipinski definition) is 1. The van der Waals surface area contributed by atoms with Gasteiger partial charge >= 0.3 is 5.69 Å². The summed E-state index contributed by atoms with van der Waals surface area (Å²) in [6, 6.07) is 6.62. The van der Waals surface area contributed by atoms with Crippen molar-refractivity contribution >= 4 is 40.0 Å². The molecule has 0 saturated carbocycles. The summed E-state index contributed by atoms with van der Waals surface area (Å²) in [5.74, 6) is -0.545. The van der Waals surface area contributed by atoms with Crippen LogP contribution in [0.5, 0.6) is 5.88 Å². The van der Waals surface area contributed by atoms with Gasteiger partial charge in [0.25, 0.3) is 5.56 Å². The number of nitrogens with zero attached hydrogens (tertiary/aromatic N) is 4. The molecule has 0 bridgehead atoms. The molecule has 1 amide bonds. The molecule has 2 rings (SSSR count). The Morgan fingerprint density at radius 3 is 2.23 bits per heavy atom. The van der Waals surface area contributed by atoms with E-state index in [2.05, 4.69) is 4.99 Å². The van der Waals surface area contributed by atoms with E-state index >= 15 is 0 Å². The lowest BCUT2D eigenvalue weighted by atomic mass is 10.3. The van der Waals surface area contributed by atoms with E-state index in [1.807, 2.05) is 13.8 Å². The molecule has 2 aromatic rings. The van der Waals surface area contributed by atoms with Crippen LogP contribution in [-0.2, 0) is 18.9 Å². The standard InChI is InChI=1S/C21H27ClN4O4S/c1-5-11-26(12-6-2)16(27)13-31-18(23-15-9-7-14(22)8-10-15)17-19(28)24(3)21(30)25(4)20(17)29/h7-10,28H,5-6,11-13H2,1-4H3. The van der Waals surface area contributed by atoms with E-state index in [0.717, 1.165) is 33.7 Å². The molecule has 31 heavy (non-hydrogen) atoms. The highest BCUT2D eigenvalue weighted by Gasteiger charge is 2.22. The van der Waals surface area contributed by atoms with Crippen molar-refractivity contribution in [1.29, 1.82) is 0 Å². The number of carbonyl (C=O) groups excluding carboxylic acids is 1. The van der Waals surface area contributed by atoms with E-state index < -0.39 is 17.1 Å². The third-order valence-electron chi connectivity index (χ3n) is 4.58. The summed E-state index contributed by atoms with van der Waals surface area (Å²) in [5, 5.41) is 11.2. The number of halogens is 1. The summed E-state index contributed by atoms with van der Waals surface area (Å²) >= 11 is 6.99. The van der Waals surface area contributed by atoms with Gasteiger partial charge in [-0.1, -0.05) is 37.2 Å². The van der Waals surface area contributed by atoms with Gasteiger partial charge in [-0.15, -0.1) is 0 Å². The Labute approximate surface area is 190 Å². The van der Waals surface area contributed by atoms with Gasteiger partial charge in [0.05, 0.1) is 11.4 Å². The third kappa shape index (κ3) is 6.01. The van der Waals surface area contributed by atoms with Crippen molar-refractivity contribution in [3.05, 3.63) is 55.7 Å². The minimum absolute atomic E-state index is 0.0395. The fourth-order valence-electron chi connectivity index (χ4n) is 2.94. The second-order valence-electron chi connectivity index (χ2n) is 6.97. The van der Waals surface area contributed by atoms with Crippen LogP contribution in [0.1, 0.15) is 32.3 Å². The van der Waals surface area contributed by atoms with E-state index in [1.54, 1.807) is 29.2 Å². The minimum Gasteiger partial charge on any atom is -0.494 e. The summed E-state index contributed by atoms with van der Waals surface area (Å²) in [6.45, 7) is 5.29. The molecular weight excluding hydrogens is 440 g/mol. The number of rotatable bonds is 8. The van der Waals surface area contributed by atoms with Crippen molar-refractivity contribution in [1.82, 2.24) is 14.0 Å². The Balaban J connectivity index is 2.51. The molecule has 0 fully saturated rings. The molecule has 0 atom stereocenters. The van der Waals surface area contributed by atoms with Crippen LogP contribution in [-0.4, -0.2) is 48.9 Å². The van der Waals surface area contributed by atoms with Gasteiger partial charge in [0.1, 0.15) is 10.6 Å². The van der Waals surface area contributed by atoms with Crippen LogP contribution in [0.4, 0.5) is 5.69 Å². The topological polar surface area (TPSA) is 96.9 Å². The van der Waals surface area contributed by atoms with Crippen LogP contribution in [0.15, 0.2) is 38.8 Å². The summed E-state index contributed by atoms with van der Waals surface area (Å²) in [5.41, 5.74) is -0.981. The molecule has 10 heteroatoms. The number of aromatic nitrogens is 2. The lowest BCUT2D eigenvalue weighted by Gasteiger charge is -2.21. The molecule has 1 heterocycles. The van der Waals surface area contributed by atoms with Crippen molar-refractivity contribution < 1.29 is 9.90 Å². The molecular formula is C21H27ClN4O4S. The van der Waals surface area contributed by atoms with Crippen LogP contribution in [0.3, 0.4) is 0 Å². The van der Waals surface area contributed by atoms with Crippen molar-refractivity contribution in [2.45, 2.75) is 26.7 Å². The SMILES string of the molecule is CCCN(CCC)C(=O)CSC(=Nc1ccc(Cl)cc1)c1c(O)n(C)c(=O)n(C)c1=O. The lowest BCUT2D eigenvalue weighted by molar-refractivity contribution is -0.128. The number of thioether (sulfide) groups is 1. The highest BCUT2D eigenvalue weighted by molar-refractivity contribution is 8.15. The zero-order chi connectivity index (χ0) is 23.1. The Kier molecular flexibility index (Phi) is 8.94. The number of aromatic hydroxyl groups is 1. The van der Waals surface area contributed by atoms with Gasteiger partial charge in [-0.05, 0) is 37.1 Å². The van der Waals surface area contributed by atoms with E-state index in [9.17, 15) is 19.5 Å². The van der Waals surface area contributed by atoms with Crippen molar-refractivity contribution in [3.63, 3.8) is 0 Å². The van der Waals surface area contributed by atoms with Gasteiger partial charge in [-0.2, -0.15) is 0 Å². The quantitative estimate of drug-likeness (QED) is 0.476. The third-order valence-corrected chi connectivity index (χ3v) is 5.79. The zero-order valence-corrected chi connectivity index (χ0v) is 19.7. The molecule has 0 spiro atoms. The van der Waals surface area contributed by atoms with Crippen molar-refractivity contribution in [3.8, 4) is 5.88 Å². The maximum absolute atomic E-state index is 12.8. The Morgan fingerprint density at radius 2 is 1.68 bits per heavy atom. The second-order valence-corrected chi connectivity index (χ2v) is 8.37. The van der Waals surface area contributed by atoms with Gasteiger partial charge < -0.3 is 10.0 Å². The molecule has 0 aliphatic carbocycles. The molecule has 168 valence electrons. The Hall–Kier alpha value is -2.52. The average Bonchev–Trinajstić information content (AvgIpc) is 2.75. The highest BCUT2D eigenvalue weighted by Crippen LogP contribution is 2.24. The summed E-state index contributed by atoms with van der Waals surface area (Å²) in [6.07, 6.45) is 1.68. The molecule has 0 aliphatic heterocycles. The highest BCUT2D eigenvalue weighted by atomic mass is 35.5. The minimum atomic E-state index is -0.688. The molecule has 0 saturated heterocycles. The first-order valence-electron chi connectivity index (χ1n) is 9.95. The Morgan fingerprint density at radius 1 is 1.10 bits per heavy atom. The fourth-order valence-corrected chi connectivity index (χ4v) is 4.00. The van der Waals surface area contributed by atoms with Crippen molar-refractivity contribution in [2.75, 3.05) is 18.8 Å². The van der Waals surface area contributed by atoms with Crippen LogP contribution >= 0.6 is 23.4 Å². The van der Waals surface area contributed by atoms with E-state index in [-0.39, 0.29) is 22.3 Å². The number of carbonyl (C=O) groups is 1. The first kappa shape index (κ1) is 24.7. The molecule has 0 radical (unpaired) electrons. The van der Waals surface area contributed by atoms with Crippen LogP contribution in [0.25, 0.3) is 0 Å². The maximum Gasteiger partial charge on any atom is 0.333 e. The molecule has 8 nitrogen and oxygen atoms in total. The number of amides is 1. The number of benzene rings is 1. The maximum atomic E-state index is 12.8. The number of hydrogen-bond acceptors (Lipinski definition) is 6.